The van der Waals surface area contributed by atoms with Crippen molar-refractivity contribution in [3.05, 3.63) is 54.1 Å². The molecule has 4 nitrogen and oxygen atoms in total. The summed E-state index contributed by atoms with van der Waals surface area (Å²) >= 11 is 0. The lowest BCUT2D eigenvalue weighted by molar-refractivity contribution is 0.153. The SMILES string of the molecule is N#CC1C=CC=CC1(C#N)Oc1ccc(CCN)cc1. The largest absolute Gasteiger partial charge is 0.467 e. The molecule has 1 aromatic carbocycles. The topological polar surface area (TPSA) is 82.8 Å². The van der Waals surface area contributed by atoms with Crippen LogP contribution >= 0.6 is 0 Å². The molecule has 0 spiro atoms. The Morgan fingerprint density at radius 2 is 1.95 bits per heavy atom. The Bertz CT molecular complexity index is 604. The average molecular weight is 265 g/mol. The summed E-state index contributed by atoms with van der Waals surface area (Å²) in [4.78, 5) is 0. The molecule has 0 bridgehead atoms. The molecule has 0 saturated carbocycles. The molecule has 1 aliphatic carbocycles. The van der Waals surface area contributed by atoms with Gasteiger partial charge in [-0.3, -0.25) is 0 Å². The van der Waals surface area contributed by atoms with Gasteiger partial charge in [-0.2, -0.15) is 10.5 Å². The van der Waals surface area contributed by atoms with Crippen LogP contribution in [0.2, 0.25) is 0 Å². The average Bonchev–Trinajstić information content (AvgIpc) is 2.50. The number of allylic oxidation sites excluding steroid dienone is 2. The number of benzene rings is 1. The Labute approximate surface area is 118 Å². The number of hydrogen-bond acceptors (Lipinski definition) is 4. The fraction of sp³-hybridized carbons (Fsp3) is 0.250. The van der Waals surface area contributed by atoms with Crippen LogP contribution in [0.15, 0.2) is 48.6 Å². The zero-order valence-corrected chi connectivity index (χ0v) is 11.0. The highest BCUT2D eigenvalue weighted by Crippen LogP contribution is 2.30. The van der Waals surface area contributed by atoms with Crippen molar-refractivity contribution in [3.8, 4) is 17.9 Å². The number of hydrogen-bond donors (Lipinski definition) is 1. The van der Waals surface area contributed by atoms with Gasteiger partial charge >= 0.3 is 0 Å². The Morgan fingerprint density at radius 1 is 1.20 bits per heavy atom. The van der Waals surface area contributed by atoms with Crippen LogP contribution in [-0.2, 0) is 6.42 Å². The zero-order chi connectivity index (χ0) is 14.4. The van der Waals surface area contributed by atoms with Gasteiger partial charge in [-0.1, -0.05) is 30.4 Å². The highest BCUT2D eigenvalue weighted by molar-refractivity contribution is 5.37. The molecular formula is C16H15N3O. The van der Waals surface area contributed by atoms with Crippen molar-refractivity contribution in [1.29, 1.82) is 10.5 Å². The highest BCUT2D eigenvalue weighted by atomic mass is 16.5. The van der Waals surface area contributed by atoms with Crippen LogP contribution in [0, 0.1) is 28.6 Å². The van der Waals surface area contributed by atoms with Crippen molar-refractivity contribution < 1.29 is 4.74 Å². The Kier molecular flexibility index (Phi) is 4.20. The molecule has 0 aliphatic heterocycles. The van der Waals surface area contributed by atoms with Crippen LogP contribution in [0.5, 0.6) is 5.75 Å². The molecule has 0 heterocycles. The van der Waals surface area contributed by atoms with Gasteiger partial charge < -0.3 is 10.5 Å². The quantitative estimate of drug-likeness (QED) is 0.903. The first-order valence-corrected chi connectivity index (χ1v) is 6.39. The predicted molar refractivity (Wildman–Crippen MR) is 75.6 cm³/mol. The van der Waals surface area contributed by atoms with Gasteiger partial charge in [0.25, 0.3) is 0 Å². The summed E-state index contributed by atoms with van der Waals surface area (Å²) in [5.41, 5.74) is 5.35. The molecule has 2 rings (SSSR count). The van der Waals surface area contributed by atoms with Crippen molar-refractivity contribution in [2.45, 2.75) is 12.0 Å². The van der Waals surface area contributed by atoms with E-state index in [1.807, 2.05) is 12.1 Å². The van der Waals surface area contributed by atoms with Crippen molar-refractivity contribution >= 4 is 0 Å². The number of nitrogens with two attached hydrogens (primary N) is 1. The van der Waals surface area contributed by atoms with E-state index in [4.69, 9.17) is 15.7 Å². The smallest absolute Gasteiger partial charge is 0.232 e. The Hall–Kier alpha value is -2.56. The molecule has 1 aliphatic rings. The minimum Gasteiger partial charge on any atom is -0.467 e. The summed E-state index contributed by atoms with van der Waals surface area (Å²) in [5, 5.41) is 18.6. The van der Waals surface area contributed by atoms with E-state index in [1.54, 1.807) is 36.4 Å². The second-order valence-corrected chi connectivity index (χ2v) is 4.54. The Morgan fingerprint density at radius 3 is 2.55 bits per heavy atom. The molecule has 0 saturated heterocycles. The van der Waals surface area contributed by atoms with Crippen LogP contribution in [0.1, 0.15) is 5.56 Å². The number of ether oxygens (including phenoxy) is 1. The second kappa shape index (κ2) is 6.06. The van der Waals surface area contributed by atoms with E-state index in [9.17, 15) is 5.26 Å². The number of nitrogens with zero attached hydrogens (tertiary/aromatic N) is 2. The molecule has 100 valence electrons. The molecule has 1 aromatic rings. The van der Waals surface area contributed by atoms with Gasteiger partial charge in [0, 0.05) is 0 Å². The molecule has 0 aromatic heterocycles. The molecule has 2 unspecified atom stereocenters. The monoisotopic (exact) mass is 265 g/mol. The van der Waals surface area contributed by atoms with E-state index in [1.165, 1.54) is 0 Å². The first-order chi connectivity index (χ1) is 9.74. The highest BCUT2D eigenvalue weighted by Gasteiger charge is 2.39. The van der Waals surface area contributed by atoms with E-state index in [2.05, 4.69) is 12.1 Å². The van der Waals surface area contributed by atoms with E-state index in [0.717, 1.165) is 12.0 Å². The van der Waals surface area contributed by atoms with Gasteiger partial charge in [0.05, 0.1) is 6.07 Å². The van der Waals surface area contributed by atoms with E-state index in [0.29, 0.717) is 12.3 Å². The molecular weight excluding hydrogens is 250 g/mol. The fourth-order valence-electron chi connectivity index (χ4n) is 2.07. The van der Waals surface area contributed by atoms with Crippen LogP contribution < -0.4 is 10.5 Å². The lowest BCUT2D eigenvalue weighted by Crippen LogP contribution is -2.40. The first kappa shape index (κ1) is 13.9. The van der Waals surface area contributed by atoms with Crippen LogP contribution in [0.4, 0.5) is 0 Å². The summed E-state index contributed by atoms with van der Waals surface area (Å²) in [6, 6.07) is 11.6. The fourth-order valence-corrected chi connectivity index (χ4v) is 2.07. The van der Waals surface area contributed by atoms with Gasteiger partial charge in [0.15, 0.2) is 0 Å². The third-order valence-electron chi connectivity index (χ3n) is 3.18. The van der Waals surface area contributed by atoms with E-state index >= 15 is 0 Å². The zero-order valence-electron chi connectivity index (χ0n) is 11.0. The minimum absolute atomic E-state index is 0.563. The minimum atomic E-state index is -1.26. The summed E-state index contributed by atoms with van der Waals surface area (Å²) in [7, 11) is 0. The molecule has 0 amide bonds. The predicted octanol–water partition coefficient (Wildman–Crippen LogP) is 2.09. The van der Waals surface area contributed by atoms with Crippen LogP contribution in [0.3, 0.4) is 0 Å². The van der Waals surface area contributed by atoms with E-state index < -0.39 is 11.5 Å². The standard InChI is InChI=1S/C16H15N3O/c17-10-8-13-4-6-15(7-5-13)20-16(12-19)9-2-1-3-14(16)11-18/h1-7,9,14H,8,10,17H2. The van der Waals surface area contributed by atoms with Crippen molar-refractivity contribution in [2.24, 2.45) is 11.7 Å². The summed E-state index contributed by atoms with van der Waals surface area (Å²) < 4.78 is 5.78. The molecule has 0 radical (unpaired) electrons. The third kappa shape index (κ3) is 2.71. The lowest BCUT2D eigenvalue weighted by atomic mass is 9.85. The van der Waals surface area contributed by atoms with Crippen LogP contribution in [-0.4, -0.2) is 12.1 Å². The van der Waals surface area contributed by atoms with Crippen molar-refractivity contribution in [1.82, 2.24) is 0 Å². The maximum Gasteiger partial charge on any atom is 0.232 e. The van der Waals surface area contributed by atoms with Crippen molar-refractivity contribution in [2.75, 3.05) is 6.54 Å². The van der Waals surface area contributed by atoms with Gasteiger partial charge in [-0.15, -0.1) is 0 Å². The normalized spacial score (nSPS) is 23.9. The maximum absolute atomic E-state index is 9.42. The second-order valence-electron chi connectivity index (χ2n) is 4.54. The summed E-state index contributed by atoms with van der Waals surface area (Å²) in [5.74, 6) is -0.0614. The van der Waals surface area contributed by atoms with Gasteiger partial charge in [0.1, 0.15) is 17.7 Å². The van der Waals surface area contributed by atoms with Gasteiger partial charge in [0.2, 0.25) is 5.60 Å². The van der Waals surface area contributed by atoms with Gasteiger partial charge in [-0.25, -0.2) is 0 Å². The van der Waals surface area contributed by atoms with Crippen LogP contribution in [0.25, 0.3) is 0 Å². The van der Waals surface area contributed by atoms with Crippen molar-refractivity contribution in [3.63, 3.8) is 0 Å². The first-order valence-electron chi connectivity index (χ1n) is 6.39. The van der Waals surface area contributed by atoms with Gasteiger partial charge in [-0.05, 0) is 36.7 Å². The maximum atomic E-state index is 9.42. The summed E-state index contributed by atoms with van der Waals surface area (Å²) in [6.45, 7) is 0.590. The molecule has 20 heavy (non-hydrogen) atoms. The third-order valence-corrected chi connectivity index (χ3v) is 3.18. The van der Waals surface area contributed by atoms with E-state index in [-0.39, 0.29) is 0 Å². The number of nitriles is 2. The molecule has 0 fully saturated rings. The summed E-state index contributed by atoms with van der Waals surface area (Å²) in [6.07, 6.45) is 7.56. The lowest BCUT2D eigenvalue weighted by Gasteiger charge is -2.28. The molecule has 4 heteroatoms. The number of rotatable bonds is 4. The Balaban J connectivity index is 2.22. The molecule has 2 N–H and O–H groups in total. The molecule has 2 atom stereocenters.